The Morgan fingerprint density at radius 1 is 0.844 bits per heavy atom. The number of nitrogens with zero attached hydrogens (tertiary/aromatic N) is 4. The number of hydrogen-bond acceptors (Lipinski definition) is 13. The molecule has 16 nitrogen and oxygen atoms in total. The molecule has 336 valence electrons. The van der Waals surface area contributed by atoms with Gasteiger partial charge in [0.1, 0.15) is 35.6 Å². The topological polar surface area (TPSA) is 185 Å². The van der Waals surface area contributed by atoms with E-state index in [0.717, 1.165) is 78.8 Å². The number of amides is 5. The first-order valence-corrected chi connectivity index (χ1v) is 22.8. The number of thiazole rings is 1. The maximum absolute atomic E-state index is 13.4. The third-order valence-corrected chi connectivity index (χ3v) is 12.7. The lowest BCUT2D eigenvalue weighted by Gasteiger charge is -2.36. The number of rotatable bonds is 21. The summed E-state index contributed by atoms with van der Waals surface area (Å²) >= 11 is 1.45. The molecular weight excluding hydrogens is 839 g/mol. The first-order valence-electron chi connectivity index (χ1n) is 21.9. The number of fused-ring (bicyclic) bond motifs is 2. The van der Waals surface area contributed by atoms with Crippen LogP contribution < -0.4 is 29.9 Å². The van der Waals surface area contributed by atoms with Crippen LogP contribution >= 0.6 is 11.3 Å². The van der Waals surface area contributed by atoms with E-state index < -0.39 is 29.7 Å². The Bertz CT molecular complexity index is 2450. The summed E-state index contributed by atoms with van der Waals surface area (Å²) in [6.07, 6.45) is 7.74. The van der Waals surface area contributed by atoms with Gasteiger partial charge in [0.25, 0.3) is 17.7 Å². The number of anilines is 2. The van der Waals surface area contributed by atoms with Gasteiger partial charge in [0.2, 0.25) is 11.8 Å². The third-order valence-electron chi connectivity index (χ3n) is 11.6. The summed E-state index contributed by atoms with van der Waals surface area (Å²) < 4.78 is 22.9. The molecule has 0 saturated carbocycles. The average molecular weight is 892 g/mol. The molecule has 0 aliphatic carbocycles. The molecule has 17 heteroatoms. The van der Waals surface area contributed by atoms with Crippen LogP contribution in [-0.2, 0) is 25.5 Å². The number of imide groups is 2. The highest BCUT2D eigenvalue weighted by Gasteiger charge is 2.44. The first kappa shape index (κ1) is 44.3. The van der Waals surface area contributed by atoms with Crippen LogP contribution in [0, 0.1) is 0 Å². The zero-order valence-corrected chi connectivity index (χ0v) is 36.7. The molecule has 3 aliphatic heterocycles. The molecule has 5 aromatic rings. The van der Waals surface area contributed by atoms with E-state index in [0.29, 0.717) is 37.1 Å². The monoisotopic (exact) mass is 891 g/mol. The second kappa shape index (κ2) is 20.9. The number of H-pyrrole nitrogens is 1. The number of aromatic nitrogens is 2. The summed E-state index contributed by atoms with van der Waals surface area (Å²) in [6, 6.07) is 19.9. The number of piperazine rings is 1. The van der Waals surface area contributed by atoms with E-state index in [1.807, 2.05) is 18.2 Å². The second-order valence-corrected chi connectivity index (χ2v) is 16.9. The summed E-state index contributed by atoms with van der Waals surface area (Å²) in [6.45, 7) is 7.45. The highest BCUT2D eigenvalue weighted by atomic mass is 32.1. The number of piperidine rings is 1. The van der Waals surface area contributed by atoms with Crippen LogP contribution in [-0.4, -0.2) is 122 Å². The summed E-state index contributed by atoms with van der Waals surface area (Å²) in [4.78, 5) is 77.3. The molecular formula is C47H53N7O9S. The zero-order chi connectivity index (χ0) is 44.4. The van der Waals surface area contributed by atoms with Gasteiger partial charge in [-0.2, -0.15) is 0 Å². The second-order valence-electron chi connectivity index (χ2n) is 15.9. The molecule has 5 heterocycles. The van der Waals surface area contributed by atoms with Crippen LogP contribution in [0.4, 0.5) is 10.8 Å². The summed E-state index contributed by atoms with van der Waals surface area (Å²) in [7, 11) is 0. The number of benzene rings is 3. The van der Waals surface area contributed by atoms with E-state index >= 15 is 0 Å². The molecule has 2 aromatic heterocycles. The fourth-order valence-electron chi connectivity index (χ4n) is 8.22. The number of aromatic amines is 1. The minimum atomic E-state index is -1.02. The standard InChI is InChI=1S/C47H53N7O9S/c1-2-3-6-32(27-31-29-48-39-8-5-4-7-36(31)39)50-44(57)41-30-49-47(64-41)53-19-17-52(18-20-53)33-9-11-34(12-10-33)62-25-23-60-21-22-61-24-26-63-35-13-14-37-38(28-35)46(59)54(45(37)58)40-15-16-42(55)51-43(40)56/h4-5,7-14,28-30,32,40,48H,2-3,6,15-27H2,1H3,(H,50,57)(H,51,55,56). The van der Waals surface area contributed by atoms with Crippen molar-refractivity contribution in [2.24, 2.45) is 0 Å². The molecule has 0 spiro atoms. The highest BCUT2D eigenvalue weighted by molar-refractivity contribution is 7.17. The van der Waals surface area contributed by atoms with Crippen molar-refractivity contribution in [2.75, 3.05) is 75.6 Å². The molecule has 0 radical (unpaired) electrons. The van der Waals surface area contributed by atoms with Crippen LogP contribution in [0.25, 0.3) is 10.9 Å². The lowest BCUT2D eigenvalue weighted by Crippen LogP contribution is -2.54. The van der Waals surface area contributed by atoms with Gasteiger partial charge >= 0.3 is 0 Å². The quantitative estimate of drug-likeness (QED) is 0.0633. The summed E-state index contributed by atoms with van der Waals surface area (Å²) in [5.74, 6) is -1.14. The predicted molar refractivity (Wildman–Crippen MR) is 242 cm³/mol. The maximum atomic E-state index is 13.4. The maximum Gasteiger partial charge on any atom is 0.263 e. The molecule has 3 aromatic carbocycles. The van der Waals surface area contributed by atoms with Crippen molar-refractivity contribution in [3.8, 4) is 11.5 Å². The SMILES string of the molecule is CCCCC(Cc1c[nH]c2ccccc12)NC(=O)c1cnc(N2CCN(c3ccc(OCCOCCOCCOc4ccc5c(c4)C(=O)N(C4CCC(=O)NC4=O)C5=O)cc3)CC2)s1. The van der Waals surface area contributed by atoms with Gasteiger partial charge in [-0.15, -0.1) is 0 Å². The molecule has 8 rings (SSSR count). The Kier molecular flexibility index (Phi) is 14.5. The van der Waals surface area contributed by atoms with Crippen LogP contribution in [0.5, 0.6) is 11.5 Å². The van der Waals surface area contributed by atoms with Gasteiger partial charge in [-0.05, 0) is 73.4 Å². The molecule has 2 unspecified atom stereocenters. The van der Waals surface area contributed by atoms with E-state index in [2.05, 4.69) is 73.9 Å². The Labute approximate surface area is 375 Å². The van der Waals surface area contributed by atoms with Gasteiger partial charge in [-0.25, -0.2) is 4.98 Å². The van der Waals surface area contributed by atoms with Crippen molar-refractivity contribution in [3.63, 3.8) is 0 Å². The Balaban J connectivity index is 0.688. The minimum Gasteiger partial charge on any atom is -0.491 e. The zero-order valence-electron chi connectivity index (χ0n) is 35.8. The minimum absolute atomic E-state index is 0.0412. The van der Waals surface area contributed by atoms with Crippen molar-refractivity contribution >= 4 is 62.6 Å². The van der Waals surface area contributed by atoms with Gasteiger partial charge in [0.15, 0.2) is 5.13 Å². The predicted octanol–water partition coefficient (Wildman–Crippen LogP) is 5.37. The van der Waals surface area contributed by atoms with Crippen LogP contribution in [0.3, 0.4) is 0 Å². The number of para-hydroxylation sites is 1. The number of unbranched alkanes of at least 4 members (excludes halogenated alkanes) is 1. The number of carbonyl (C=O) groups is 5. The molecule has 2 atom stereocenters. The van der Waals surface area contributed by atoms with Crippen molar-refractivity contribution in [1.82, 2.24) is 25.5 Å². The van der Waals surface area contributed by atoms with E-state index in [-0.39, 0.29) is 49.1 Å². The Morgan fingerprint density at radius 2 is 1.53 bits per heavy atom. The third kappa shape index (κ3) is 10.5. The van der Waals surface area contributed by atoms with Crippen molar-refractivity contribution in [2.45, 2.75) is 57.5 Å². The number of ether oxygens (including phenoxy) is 4. The van der Waals surface area contributed by atoms with Gasteiger partial charge < -0.3 is 39.0 Å². The summed E-state index contributed by atoms with van der Waals surface area (Å²) in [5.41, 5.74) is 3.80. The number of nitrogens with one attached hydrogen (secondary N) is 3. The van der Waals surface area contributed by atoms with Gasteiger partial charge in [0.05, 0.1) is 43.8 Å². The van der Waals surface area contributed by atoms with E-state index in [9.17, 15) is 24.0 Å². The highest BCUT2D eigenvalue weighted by Crippen LogP contribution is 2.31. The molecule has 3 N–H and O–H groups in total. The molecule has 0 bridgehead atoms. The van der Waals surface area contributed by atoms with Gasteiger partial charge in [-0.1, -0.05) is 49.3 Å². The number of hydrogen-bond donors (Lipinski definition) is 3. The molecule has 3 aliphatic rings. The first-order chi connectivity index (χ1) is 31.2. The lowest BCUT2D eigenvalue weighted by atomic mass is 10.0. The lowest BCUT2D eigenvalue weighted by molar-refractivity contribution is -0.136. The Morgan fingerprint density at radius 3 is 2.28 bits per heavy atom. The molecule has 64 heavy (non-hydrogen) atoms. The number of carbonyl (C=O) groups excluding carboxylic acids is 5. The summed E-state index contributed by atoms with van der Waals surface area (Å²) in [5, 5.41) is 7.57. The fourth-order valence-corrected chi connectivity index (χ4v) is 9.09. The molecule has 2 fully saturated rings. The van der Waals surface area contributed by atoms with Gasteiger partial charge in [0, 0.05) is 61.4 Å². The fraction of sp³-hybridized carbons (Fsp3) is 0.404. The van der Waals surface area contributed by atoms with Gasteiger partial charge in [-0.3, -0.25) is 34.2 Å². The largest absolute Gasteiger partial charge is 0.491 e. The van der Waals surface area contributed by atoms with Crippen molar-refractivity contribution < 1.29 is 42.9 Å². The smallest absolute Gasteiger partial charge is 0.263 e. The van der Waals surface area contributed by atoms with Crippen LogP contribution in [0.15, 0.2) is 79.1 Å². The van der Waals surface area contributed by atoms with Crippen molar-refractivity contribution in [3.05, 3.63) is 101 Å². The average Bonchev–Trinajstić information content (AvgIpc) is 4.03. The van der Waals surface area contributed by atoms with Crippen LogP contribution in [0.1, 0.15) is 75.0 Å². The van der Waals surface area contributed by atoms with Crippen molar-refractivity contribution in [1.29, 1.82) is 0 Å². The van der Waals surface area contributed by atoms with E-state index in [1.165, 1.54) is 34.4 Å². The van der Waals surface area contributed by atoms with E-state index in [1.54, 1.807) is 12.3 Å². The molecule has 2 saturated heterocycles. The Hall–Kier alpha value is -6.30. The molecule has 5 amide bonds. The normalized spacial score (nSPS) is 16.9. The van der Waals surface area contributed by atoms with Crippen LogP contribution in [0.2, 0.25) is 0 Å². The van der Waals surface area contributed by atoms with E-state index in [4.69, 9.17) is 18.9 Å².